The first-order chi connectivity index (χ1) is 13.7. The molecular weight excluding hydrogens is 387 g/mol. The Bertz CT molecular complexity index is 1070. The summed E-state index contributed by atoms with van der Waals surface area (Å²) in [5, 5.41) is 0.976. The van der Waals surface area contributed by atoms with Crippen LogP contribution in [0.25, 0.3) is 10.8 Å². The molecule has 0 aliphatic heterocycles. The number of ether oxygens (including phenoxy) is 1. The van der Waals surface area contributed by atoms with Crippen LogP contribution in [0.4, 0.5) is 23.7 Å². The second-order valence-corrected chi connectivity index (χ2v) is 6.14. The molecule has 0 atom stereocenters. The minimum absolute atomic E-state index is 0.0531. The molecule has 1 heterocycles. The van der Waals surface area contributed by atoms with E-state index in [1.165, 1.54) is 30.3 Å². The molecule has 150 valence electrons. The van der Waals surface area contributed by atoms with E-state index in [1.54, 1.807) is 24.3 Å². The summed E-state index contributed by atoms with van der Waals surface area (Å²) < 4.78 is 43.0. The van der Waals surface area contributed by atoms with Crippen LogP contribution in [0.15, 0.2) is 54.7 Å². The third kappa shape index (κ3) is 4.13. The van der Waals surface area contributed by atoms with Crippen molar-refractivity contribution in [3.05, 3.63) is 71.5 Å². The van der Waals surface area contributed by atoms with Crippen molar-refractivity contribution < 1.29 is 27.5 Å². The zero-order valence-electron chi connectivity index (χ0n) is 15.2. The summed E-state index contributed by atoms with van der Waals surface area (Å²) in [4.78, 5) is 29.3. The number of aromatic nitrogens is 1. The number of primary amides is 1. The lowest BCUT2D eigenvalue weighted by atomic mass is 10.1. The summed E-state index contributed by atoms with van der Waals surface area (Å²) in [5.41, 5.74) is 5.66. The second kappa shape index (κ2) is 7.78. The van der Waals surface area contributed by atoms with Crippen LogP contribution in [0, 0.1) is 0 Å². The molecule has 1 aromatic heterocycles. The summed E-state index contributed by atoms with van der Waals surface area (Å²) in [6.45, 7) is -0.0531. The van der Waals surface area contributed by atoms with E-state index >= 15 is 0 Å². The smallest absolute Gasteiger partial charge is 0.416 e. The number of nitrogens with zero attached hydrogens (tertiary/aromatic N) is 2. The second-order valence-electron chi connectivity index (χ2n) is 6.14. The first-order valence-corrected chi connectivity index (χ1v) is 8.41. The van der Waals surface area contributed by atoms with Gasteiger partial charge in [-0.1, -0.05) is 24.3 Å². The number of amides is 2. The number of benzene rings is 2. The molecule has 0 fully saturated rings. The molecule has 6 nitrogen and oxygen atoms in total. The Labute approximate surface area is 163 Å². The number of alkyl halides is 3. The van der Waals surface area contributed by atoms with Crippen LogP contribution in [0.5, 0.6) is 0 Å². The Hall–Kier alpha value is -3.62. The minimum atomic E-state index is -4.45. The molecule has 0 aliphatic rings. The predicted molar refractivity (Wildman–Crippen MR) is 100 cm³/mol. The molecule has 29 heavy (non-hydrogen) atoms. The third-order valence-electron chi connectivity index (χ3n) is 4.34. The Kier molecular flexibility index (Phi) is 5.40. The average Bonchev–Trinajstić information content (AvgIpc) is 2.70. The average molecular weight is 403 g/mol. The van der Waals surface area contributed by atoms with Crippen molar-refractivity contribution in [1.82, 2.24) is 4.98 Å². The van der Waals surface area contributed by atoms with Crippen molar-refractivity contribution in [3.8, 4) is 0 Å². The van der Waals surface area contributed by atoms with Crippen molar-refractivity contribution in [2.24, 2.45) is 5.73 Å². The fourth-order valence-corrected chi connectivity index (χ4v) is 2.95. The molecular formula is C20H16F3N3O3. The topological polar surface area (TPSA) is 85.5 Å². The predicted octanol–water partition coefficient (Wildman–Crippen LogP) is 4.13. The highest BCUT2D eigenvalue weighted by Crippen LogP contribution is 2.31. The van der Waals surface area contributed by atoms with Crippen molar-refractivity contribution in [3.63, 3.8) is 0 Å². The fraction of sp³-hybridized carbons (Fsp3) is 0.150. The molecule has 0 bridgehead atoms. The molecule has 2 N–H and O–H groups in total. The lowest BCUT2D eigenvalue weighted by Crippen LogP contribution is -2.35. The number of anilines is 1. The van der Waals surface area contributed by atoms with Gasteiger partial charge in [0, 0.05) is 17.0 Å². The van der Waals surface area contributed by atoms with Crippen LogP contribution in [-0.2, 0) is 17.5 Å². The maximum Gasteiger partial charge on any atom is 0.416 e. The number of rotatable bonds is 4. The van der Waals surface area contributed by atoms with Gasteiger partial charge in [0.15, 0.2) is 5.69 Å². The van der Waals surface area contributed by atoms with Crippen molar-refractivity contribution in [2.45, 2.75) is 12.7 Å². The van der Waals surface area contributed by atoms with Crippen molar-refractivity contribution in [2.75, 3.05) is 12.0 Å². The number of carbonyl (C=O) groups is 2. The van der Waals surface area contributed by atoms with Crippen molar-refractivity contribution >= 4 is 28.5 Å². The molecule has 3 aromatic rings. The Morgan fingerprint density at radius 2 is 1.76 bits per heavy atom. The Morgan fingerprint density at radius 3 is 2.34 bits per heavy atom. The number of hydrogen-bond acceptors (Lipinski definition) is 4. The molecule has 2 amide bonds. The van der Waals surface area contributed by atoms with Gasteiger partial charge in [-0.05, 0) is 29.8 Å². The first-order valence-electron chi connectivity index (χ1n) is 8.41. The molecule has 3 rings (SSSR count). The van der Waals surface area contributed by atoms with Crippen LogP contribution in [0.3, 0.4) is 0 Å². The van der Waals surface area contributed by atoms with Gasteiger partial charge < -0.3 is 10.5 Å². The van der Waals surface area contributed by atoms with Crippen LogP contribution in [0.2, 0.25) is 0 Å². The van der Waals surface area contributed by atoms with E-state index in [0.717, 1.165) is 12.1 Å². The molecule has 0 saturated heterocycles. The normalized spacial score (nSPS) is 11.3. The van der Waals surface area contributed by atoms with Gasteiger partial charge >= 0.3 is 18.2 Å². The third-order valence-corrected chi connectivity index (χ3v) is 4.34. The van der Waals surface area contributed by atoms with E-state index in [2.05, 4.69) is 4.98 Å². The summed E-state index contributed by atoms with van der Waals surface area (Å²) in [6.07, 6.45) is -3.05. The van der Waals surface area contributed by atoms with E-state index in [4.69, 9.17) is 10.5 Å². The lowest BCUT2D eigenvalue weighted by molar-refractivity contribution is -0.137. The number of halogens is 3. The van der Waals surface area contributed by atoms with Gasteiger partial charge in [0.1, 0.15) is 0 Å². The van der Waals surface area contributed by atoms with E-state index < -0.39 is 23.7 Å². The summed E-state index contributed by atoms with van der Waals surface area (Å²) in [5.74, 6) is -0.638. The molecule has 2 aromatic carbocycles. The Balaban J connectivity index is 2.03. The van der Waals surface area contributed by atoms with Gasteiger partial charge in [-0.3, -0.25) is 4.90 Å². The van der Waals surface area contributed by atoms with Gasteiger partial charge in [-0.25, -0.2) is 14.6 Å². The molecule has 0 saturated carbocycles. The highest BCUT2D eigenvalue weighted by molar-refractivity contribution is 6.09. The zero-order chi connectivity index (χ0) is 21.2. The summed E-state index contributed by atoms with van der Waals surface area (Å²) in [6, 6.07) is 10.2. The van der Waals surface area contributed by atoms with Gasteiger partial charge in [-0.2, -0.15) is 13.2 Å². The number of carbonyl (C=O) groups excluding carboxylic acids is 2. The van der Waals surface area contributed by atoms with Gasteiger partial charge in [0.05, 0.1) is 24.9 Å². The molecule has 0 radical (unpaired) electrons. The van der Waals surface area contributed by atoms with Crippen LogP contribution in [0.1, 0.15) is 21.6 Å². The monoisotopic (exact) mass is 403 g/mol. The maximum absolute atomic E-state index is 12.8. The molecule has 0 aliphatic carbocycles. The number of esters is 1. The van der Waals surface area contributed by atoms with Gasteiger partial charge in [0.2, 0.25) is 0 Å². The SMILES string of the molecule is COC(=O)c1nccc2c(N(Cc3ccc(C(F)(F)F)cc3)C(N)=O)cccc12. The quantitative estimate of drug-likeness (QED) is 0.664. The number of pyridine rings is 1. The number of hydrogen-bond donors (Lipinski definition) is 1. The number of nitrogens with two attached hydrogens (primary N) is 1. The number of urea groups is 1. The Morgan fingerprint density at radius 1 is 1.07 bits per heavy atom. The van der Waals surface area contributed by atoms with E-state index in [1.807, 2.05) is 0 Å². The minimum Gasteiger partial charge on any atom is -0.464 e. The van der Waals surface area contributed by atoms with Gasteiger partial charge in [0.25, 0.3) is 0 Å². The fourth-order valence-electron chi connectivity index (χ4n) is 2.95. The lowest BCUT2D eigenvalue weighted by Gasteiger charge is -2.23. The number of fused-ring (bicyclic) bond motifs is 1. The van der Waals surface area contributed by atoms with Crippen LogP contribution >= 0.6 is 0 Å². The first kappa shape index (κ1) is 20.1. The highest BCUT2D eigenvalue weighted by atomic mass is 19.4. The zero-order valence-corrected chi connectivity index (χ0v) is 15.2. The van der Waals surface area contributed by atoms with E-state index in [-0.39, 0.29) is 12.2 Å². The molecule has 0 spiro atoms. The standard InChI is InChI=1S/C20H16F3N3O3/c1-29-18(27)17-15-3-2-4-16(14(15)9-10-25-17)26(19(24)28)11-12-5-7-13(8-6-12)20(21,22)23/h2-10H,11H2,1H3,(H2,24,28). The largest absolute Gasteiger partial charge is 0.464 e. The molecule has 0 unspecified atom stereocenters. The van der Waals surface area contributed by atoms with Crippen LogP contribution in [-0.4, -0.2) is 24.1 Å². The van der Waals surface area contributed by atoms with Gasteiger partial charge in [-0.15, -0.1) is 0 Å². The van der Waals surface area contributed by atoms with Crippen molar-refractivity contribution in [1.29, 1.82) is 0 Å². The maximum atomic E-state index is 12.8. The van der Waals surface area contributed by atoms with E-state index in [0.29, 0.717) is 22.0 Å². The summed E-state index contributed by atoms with van der Waals surface area (Å²) >= 11 is 0. The van der Waals surface area contributed by atoms with E-state index in [9.17, 15) is 22.8 Å². The van der Waals surface area contributed by atoms with Crippen LogP contribution < -0.4 is 10.6 Å². The number of methoxy groups -OCH3 is 1. The molecule has 9 heteroatoms. The highest BCUT2D eigenvalue weighted by Gasteiger charge is 2.30. The summed E-state index contributed by atoms with van der Waals surface area (Å²) in [7, 11) is 1.23.